The Hall–Kier alpha value is -0.120. The van der Waals surface area contributed by atoms with Crippen molar-refractivity contribution in [3.05, 3.63) is 0 Å². The van der Waals surface area contributed by atoms with Gasteiger partial charge in [-0.05, 0) is 39.4 Å². The molecule has 0 aromatic rings. The van der Waals surface area contributed by atoms with Gasteiger partial charge in [-0.1, -0.05) is 20.8 Å². The van der Waals surface area contributed by atoms with E-state index in [0.29, 0.717) is 6.04 Å². The van der Waals surface area contributed by atoms with E-state index in [-0.39, 0.29) is 0 Å². The predicted molar refractivity (Wildman–Crippen MR) is 75.5 cm³/mol. The van der Waals surface area contributed by atoms with Crippen LogP contribution in [0.3, 0.4) is 0 Å². The highest BCUT2D eigenvalue weighted by Crippen LogP contribution is 2.16. The van der Waals surface area contributed by atoms with Crippen LogP contribution in [-0.4, -0.2) is 61.7 Å². The second-order valence-electron chi connectivity index (χ2n) is 5.29. The van der Waals surface area contributed by atoms with E-state index in [0.717, 1.165) is 19.1 Å². The van der Waals surface area contributed by atoms with Crippen LogP contribution in [0.1, 0.15) is 40.0 Å². The zero-order chi connectivity index (χ0) is 12.7. The number of likely N-dealkylation sites (N-methyl/N-ethyl adjacent to an activating group) is 2. The maximum absolute atomic E-state index is 3.52. The van der Waals surface area contributed by atoms with Gasteiger partial charge in [0.05, 0.1) is 0 Å². The Morgan fingerprint density at radius 1 is 1.24 bits per heavy atom. The number of rotatable bonds is 6. The zero-order valence-corrected chi connectivity index (χ0v) is 12.2. The van der Waals surface area contributed by atoms with E-state index in [9.17, 15) is 0 Å². The third-order valence-electron chi connectivity index (χ3n) is 3.99. The van der Waals surface area contributed by atoms with E-state index in [4.69, 9.17) is 0 Å². The number of hydrogen-bond acceptors (Lipinski definition) is 3. The molecule has 17 heavy (non-hydrogen) atoms. The molecule has 0 saturated carbocycles. The molecule has 0 spiro atoms. The molecule has 1 fully saturated rings. The summed E-state index contributed by atoms with van der Waals surface area (Å²) in [6.45, 7) is 12.8. The van der Waals surface area contributed by atoms with Crippen LogP contribution in [0, 0.1) is 0 Å². The fraction of sp³-hybridized carbons (Fsp3) is 1.00. The summed E-state index contributed by atoms with van der Waals surface area (Å²) in [5.74, 6) is 0. The van der Waals surface area contributed by atoms with E-state index in [2.05, 4.69) is 42.9 Å². The Morgan fingerprint density at radius 2 is 2.00 bits per heavy atom. The fourth-order valence-corrected chi connectivity index (χ4v) is 2.91. The molecule has 0 aromatic carbocycles. The quantitative estimate of drug-likeness (QED) is 0.765. The van der Waals surface area contributed by atoms with Gasteiger partial charge >= 0.3 is 0 Å². The highest BCUT2D eigenvalue weighted by atomic mass is 15.3. The highest BCUT2D eigenvalue weighted by Gasteiger charge is 2.26. The standard InChI is InChI=1S/C14H31N3/c1-5-13(11-15-7-3)17-10-8-9-16(4)12-14(17)6-2/h13-15H,5-12H2,1-4H3. The number of nitrogens with zero attached hydrogens (tertiary/aromatic N) is 2. The van der Waals surface area contributed by atoms with Gasteiger partial charge in [0.15, 0.2) is 0 Å². The Balaban J connectivity index is 2.61. The van der Waals surface area contributed by atoms with Crippen molar-refractivity contribution in [1.29, 1.82) is 0 Å². The molecule has 0 aliphatic carbocycles. The Kier molecular flexibility index (Phi) is 7.09. The molecule has 0 amide bonds. The van der Waals surface area contributed by atoms with Crippen LogP contribution in [0.2, 0.25) is 0 Å². The zero-order valence-electron chi connectivity index (χ0n) is 12.2. The highest BCUT2D eigenvalue weighted by molar-refractivity contribution is 4.83. The molecule has 0 aromatic heterocycles. The van der Waals surface area contributed by atoms with Crippen molar-refractivity contribution in [3.8, 4) is 0 Å². The van der Waals surface area contributed by atoms with Crippen molar-refractivity contribution in [1.82, 2.24) is 15.1 Å². The van der Waals surface area contributed by atoms with Crippen LogP contribution in [0.4, 0.5) is 0 Å². The number of hydrogen-bond donors (Lipinski definition) is 1. The summed E-state index contributed by atoms with van der Waals surface area (Å²) in [6, 6.07) is 1.46. The van der Waals surface area contributed by atoms with E-state index in [1.165, 1.54) is 38.9 Å². The predicted octanol–water partition coefficient (Wildman–Crippen LogP) is 1.79. The summed E-state index contributed by atoms with van der Waals surface area (Å²) in [7, 11) is 2.26. The summed E-state index contributed by atoms with van der Waals surface area (Å²) in [5.41, 5.74) is 0. The van der Waals surface area contributed by atoms with E-state index in [1.54, 1.807) is 0 Å². The summed E-state index contributed by atoms with van der Waals surface area (Å²) in [6.07, 6.45) is 3.84. The molecule has 0 radical (unpaired) electrons. The smallest absolute Gasteiger partial charge is 0.0223 e. The van der Waals surface area contributed by atoms with Gasteiger partial charge in [-0.3, -0.25) is 4.90 Å². The monoisotopic (exact) mass is 241 g/mol. The molecule has 1 saturated heterocycles. The van der Waals surface area contributed by atoms with Gasteiger partial charge in [0.1, 0.15) is 0 Å². The SMILES string of the molecule is CCNCC(CC)N1CCCN(C)CC1CC. The van der Waals surface area contributed by atoms with Crippen LogP contribution in [0.15, 0.2) is 0 Å². The maximum atomic E-state index is 3.52. The molecule has 1 aliphatic heterocycles. The van der Waals surface area contributed by atoms with Crippen molar-refractivity contribution in [2.24, 2.45) is 0 Å². The largest absolute Gasteiger partial charge is 0.315 e. The lowest BCUT2D eigenvalue weighted by molar-refractivity contribution is 0.123. The van der Waals surface area contributed by atoms with Crippen molar-refractivity contribution in [3.63, 3.8) is 0 Å². The second-order valence-corrected chi connectivity index (χ2v) is 5.29. The van der Waals surface area contributed by atoms with Crippen molar-refractivity contribution in [2.75, 3.05) is 39.8 Å². The Bertz CT molecular complexity index is 196. The first-order chi connectivity index (χ1) is 8.22. The third kappa shape index (κ3) is 4.57. The fourth-order valence-electron chi connectivity index (χ4n) is 2.91. The lowest BCUT2D eigenvalue weighted by Crippen LogP contribution is -2.49. The van der Waals surface area contributed by atoms with Crippen LogP contribution in [0.25, 0.3) is 0 Å². The van der Waals surface area contributed by atoms with Crippen LogP contribution < -0.4 is 5.32 Å². The minimum atomic E-state index is 0.714. The van der Waals surface area contributed by atoms with Gasteiger partial charge in [-0.25, -0.2) is 0 Å². The normalized spacial score (nSPS) is 25.8. The van der Waals surface area contributed by atoms with Crippen LogP contribution in [0.5, 0.6) is 0 Å². The average molecular weight is 241 g/mol. The summed E-state index contributed by atoms with van der Waals surface area (Å²) >= 11 is 0. The summed E-state index contributed by atoms with van der Waals surface area (Å²) in [4.78, 5) is 5.25. The van der Waals surface area contributed by atoms with Gasteiger partial charge < -0.3 is 10.2 Å². The number of nitrogens with one attached hydrogen (secondary N) is 1. The summed E-state index contributed by atoms with van der Waals surface area (Å²) in [5, 5.41) is 3.52. The van der Waals surface area contributed by atoms with Crippen molar-refractivity contribution >= 4 is 0 Å². The van der Waals surface area contributed by atoms with Gasteiger partial charge in [-0.15, -0.1) is 0 Å². The Morgan fingerprint density at radius 3 is 2.59 bits per heavy atom. The molecule has 3 nitrogen and oxygen atoms in total. The van der Waals surface area contributed by atoms with E-state index in [1.807, 2.05) is 0 Å². The average Bonchev–Trinajstić information content (AvgIpc) is 2.52. The maximum Gasteiger partial charge on any atom is 0.0223 e. The van der Waals surface area contributed by atoms with Crippen LogP contribution >= 0.6 is 0 Å². The van der Waals surface area contributed by atoms with Gasteiger partial charge in [0.25, 0.3) is 0 Å². The first-order valence-corrected chi connectivity index (χ1v) is 7.37. The summed E-state index contributed by atoms with van der Waals surface area (Å²) < 4.78 is 0. The van der Waals surface area contributed by atoms with Crippen molar-refractivity contribution in [2.45, 2.75) is 52.1 Å². The van der Waals surface area contributed by atoms with E-state index >= 15 is 0 Å². The second kappa shape index (κ2) is 8.06. The lowest BCUT2D eigenvalue weighted by atomic mass is 10.1. The Labute approximate surface area is 108 Å². The van der Waals surface area contributed by atoms with E-state index < -0.39 is 0 Å². The first kappa shape index (κ1) is 14.9. The molecular weight excluding hydrogens is 210 g/mol. The minimum absolute atomic E-state index is 0.714. The first-order valence-electron chi connectivity index (χ1n) is 7.37. The molecule has 0 bridgehead atoms. The molecule has 1 rings (SSSR count). The molecule has 1 N–H and O–H groups in total. The molecule has 102 valence electrons. The van der Waals surface area contributed by atoms with Gasteiger partial charge in [0.2, 0.25) is 0 Å². The lowest BCUT2D eigenvalue weighted by Gasteiger charge is -2.37. The topological polar surface area (TPSA) is 18.5 Å². The minimum Gasteiger partial charge on any atom is -0.315 e. The van der Waals surface area contributed by atoms with Gasteiger partial charge in [0, 0.05) is 31.7 Å². The molecule has 2 unspecified atom stereocenters. The third-order valence-corrected chi connectivity index (χ3v) is 3.99. The molecular formula is C14H31N3. The van der Waals surface area contributed by atoms with Gasteiger partial charge in [-0.2, -0.15) is 0 Å². The molecule has 2 atom stereocenters. The van der Waals surface area contributed by atoms with Crippen molar-refractivity contribution < 1.29 is 0 Å². The molecule has 1 heterocycles. The molecule has 1 aliphatic rings. The van der Waals surface area contributed by atoms with Crippen LogP contribution in [-0.2, 0) is 0 Å². The molecule has 3 heteroatoms.